The van der Waals surface area contributed by atoms with E-state index in [4.69, 9.17) is 16.9 Å². The predicted molar refractivity (Wildman–Crippen MR) is 89.5 cm³/mol. The Morgan fingerprint density at radius 2 is 1.74 bits per heavy atom. The number of piperidine rings is 1. The number of hydrogen-bond donors (Lipinski definition) is 0. The Morgan fingerprint density at radius 3 is 2.30 bits per heavy atom. The molecule has 1 atom stereocenters. The fourth-order valence-electron chi connectivity index (χ4n) is 3.45. The van der Waals surface area contributed by atoms with Crippen molar-refractivity contribution in [2.75, 3.05) is 26.2 Å². The molecule has 2 fully saturated rings. The molecule has 1 aromatic rings. The third-order valence-corrected chi connectivity index (χ3v) is 7.43. The summed E-state index contributed by atoms with van der Waals surface area (Å²) in [7, 11) is -3.30. The van der Waals surface area contributed by atoms with Crippen molar-refractivity contribution in [3.63, 3.8) is 0 Å². The van der Waals surface area contributed by atoms with Gasteiger partial charge in [0.15, 0.2) is 6.19 Å². The van der Waals surface area contributed by atoms with E-state index < -0.39 is 15.3 Å². The fraction of sp³-hybridized carbons (Fsp3) is 0.562. The second-order valence-electron chi connectivity index (χ2n) is 6.23. The van der Waals surface area contributed by atoms with Crippen molar-refractivity contribution in [3.05, 3.63) is 34.9 Å². The van der Waals surface area contributed by atoms with E-state index in [1.165, 1.54) is 10.5 Å². The minimum absolute atomic E-state index is 0.329. The van der Waals surface area contributed by atoms with Crippen LogP contribution in [0.2, 0.25) is 5.02 Å². The molecule has 1 aromatic carbocycles. The first-order valence-corrected chi connectivity index (χ1v) is 9.78. The number of likely N-dealkylation sites (tertiary alicyclic amines) is 1. The lowest BCUT2D eigenvalue weighted by molar-refractivity contribution is 0.316. The minimum atomic E-state index is -3.30. The number of rotatable bonds is 3. The normalized spacial score (nSPS) is 23.8. The summed E-state index contributed by atoms with van der Waals surface area (Å²) in [6, 6.07) is 7.82. The number of sulfonamides is 1. The third kappa shape index (κ3) is 3.47. The van der Waals surface area contributed by atoms with Crippen molar-refractivity contribution in [1.29, 1.82) is 5.26 Å². The quantitative estimate of drug-likeness (QED) is 0.783. The molecule has 3 rings (SSSR count). The molecule has 0 amide bonds. The van der Waals surface area contributed by atoms with Gasteiger partial charge in [-0.15, -0.1) is 0 Å². The van der Waals surface area contributed by atoms with E-state index in [0.29, 0.717) is 38.5 Å². The summed E-state index contributed by atoms with van der Waals surface area (Å²) in [5.41, 5.74) is 1.22. The number of nitriles is 1. The van der Waals surface area contributed by atoms with E-state index >= 15 is 0 Å². The summed E-state index contributed by atoms with van der Waals surface area (Å²) in [6.45, 7) is 1.98. The molecule has 0 aromatic heterocycles. The van der Waals surface area contributed by atoms with Gasteiger partial charge in [-0.25, -0.2) is 12.7 Å². The molecule has 0 radical (unpaired) electrons. The smallest absolute Gasteiger partial charge is 0.218 e. The number of hydrogen-bond acceptors (Lipinski definition) is 4. The first-order valence-electron chi connectivity index (χ1n) is 7.90. The first kappa shape index (κ1) is 16.6. The van der Waals surface area contributed by atoms with Gasteiger partial charge in [0, 0.05) is 31.2 Å². The lowest BCUT2D eigenvalue weighted by Crippen LogP contribution is -2.43. The van der Waals surface area contributed by atoms with Gasteiger partial charge in [-0.05, 0) is 42.9 Å². The van der Waals surface area contributed by atoms with Gasteiger partial charge in [0.25, 0.3) is 0 Å². The fourth-order valence-corrected chi connectivity index (χ4v) is 5.49. The molecule has 2 aliphatic heterocycles. The van der Waals surface area contributed by atoms with Crippen LogP contribution in [0.4, 0.5) is 0 Å². The Balaban J connectivity index is 1.62. The topological polar surface area (TPSA) is 64.4 Å². The van der Waals surface area contributed by atoms with Crippen LogP contribution in [0.25, 0.3) is 0 Å². The van der Waals surface area contributed by atoms with Gasteiger partial charge < -0.3 is 4.90 Å². The Labute approximate surface area is 142 Å². The zero-order chi connectivity index (χ0) is 16.4. The van der Waals surface area contributed by atoms with E-state index in [0.717, 1.165) is 17.9 Å². The molecule has 5 nitrogen and oxygen atoms in total. The first-order chi connectivity index (χ1) is 11.0. The lowest BCUT2D eigenvalue weighted by atomic mass is 9.90. The molecule has 0 aliphatic carbocycles. The average molecular weight is 354 g/mol. The maximum Gasteiger partial charge on any atom is 0.218 e. The van der Waals surface area contributed by atoms with Crippen LogP contribution in [0.5, 0.6) is 0 Å². The van der Waals surface area contributed by atoms with Gasteiger partial charge >= 0.3 is 0 Å². The van der Waals surface area contributed by atoms with E-state index in [1.807, 2.05) is 30.5 Å². The Morgan fingerprint density at radius 1 is 1.09 bits per heavy atom. The second-order valence-corrected chi connectivity index (χ2v) is 8.88. The maximum absolute atomic E-state index is 12.7. The highest BCUT2D eigenvalue weighted by Crippen LogP contribution is 2.31. The molecule has 0 saturated carbocycles. The van der Waals surface area contributed by atoms with Crippen LogP contribution >= 0.6 is 11.6 Å². The van der Waals surface area contributed by atoms with Crippen molar-refractivity contribution >= 4 is 21.6 Å². The van der Waals surface area contributed by atoms with Gasteiger partial charge in [-0.2, -0.15) is 5.26 Å². The Hall–Kier alpha value is -1.29. The highest BCUT2D eigenvalue weighted by molar-refractivity contribution is 7.89. The van der Waals surface area contributed by atoms with Crippen molar-refractivity contribution in [2.24, 2.45) is 0 Å². The zero-order valence-electron chi connectivity index (χ0n) is 12.9. The summed E-state index contributed by atoms with van der Waals surface area (Å²) in [5.74, 6) is 0.387. The standard InChI is InChI=1S/C16H20ClN3O2S/c17-15-3-1-13(2-4-15)14-5-9-20(10-6-14)23(21,22)16-7-8-19(11-16)12-18/h1-4,14,16H,5-11H2. The predicted octanol–water partition coefficient (Wildman–Crippen LogP) is 2.40. The molecule has 2 aliphatic rings. The van der Waals surface area contributed by atoms with E-state index in [1.54, 1.807) is 4.31 Å². The molecule has 1 unspecified atom stereocenters. The van der Waals surface area contributed by atoms with Gasteiger partial charge in [-0.3, -0.25) is 0 Å². The number of halogens is 1. The summed E-state index contributed by atoms with van der Waals surface area (Å²) in [5, 5.41) is 9.18. The van der Waals surface area contributed by atoms with Crippen molar-refractivity contribution in [2.45, 2.75) is 30.4 Å². The van der Waals surface area contributed by atoms with Crippen molar-refractivity contribution in [1.82, 2.24) is 9.21 Å². The third-order valence-electron chi connectivity index (χ3n) is 4.86. The van der Waals surface area contributed by atoms with Crippen LogP contribution in [0, 0.1) is 11.5 Å². The molecule has 7 heteroatoms. The molecule has 2 saturated heterocycles. The van der Waals surface area contributed by atoms with Crippen LogP contribution in [-0.4, -0.2) is 49.1 Å². The van der Waals surface area contributed by atoms with Gasteiger partial charge in [0.2, 0.25) is 10.0 Å². The van der Waals surface area contributed by atoms with E-state index in [-0.39, 0.29) is 0 Å². The highest BCUT2D eigenvalue weighted by atomic mass is 35.5. The Kier molecular flexibility index (Phi) is 4.81. The van der Waals surface area contributed by atoms with E-state index in [2.05, 4.69) is 0 Å². The minimum Gasteiger partial charge on any atom is -0.309 e. The molecule has 0 N–H and O–H groups in total. The van der Waals surface area contributed by atoms with E-state index in [9.17, 15) is 8.42 Å². The summed E-state index contributed by atoms with van der Waals surface area (Å²) in [4.78, 5) is 1.53. The molecule has 23 heavy (non-hydrogen) atoms. The SMILES string of the molecule is N#CN1CCC(S(=O)(=O)N2CCC(c3ccc(Cl)cc3)CC2)C1. The van der Waals surface area contributed by atoms with Crippen LogP contribution < -0.4 is 0 Å². The largest absolute Gasteiger partial charge is 0.309 e. The summed E-state index contributed by atoms with van der Waals surface area (Å²) in [6.07, 6.45) is 4.25. The average Bonchev–Trinajstić information content (AvgIpc) is 3.06. The molecular formula is C16H20ClN3O2S. The van der Waals surface area contributed by atoms with Crippen LogP contribution in [0.3, 0.4) is 0 Å². The highest BCUT2D eigenvalue weighted by Gasteiger charge is 2.38. The summed E-state index contributed by atoms with van der Waals surface area (Å²) >= 11 is 5.92. The molecule has 2 heterocycles. The second kappa shape index (κ2) is 6.68. The van der Waals surface area contributed by atoms with Crippen molar-refractivity contribution < 1.29 is 8.42 Å². The van der Waals surface area contributed by atoms with Crippen LogP contribution in [-0.2, 0) is 10.0 Å². The molecular weight excluding hydrogens is 334 g/mol. The molecule has 0 spiro atoms. The summed E-state index contributed by atoms with van der Waals surface area (Å²) < 4.78 is 27.0. The van der Waals surface area contributed by atoms with Gasteiger partial charge in [-0.1, -0.05) is 23.7 Å². The monoisotopic (exact) mass is 353 g/mol. The van der Waals surface area contributed by atoms with Gasteiger partial charge in [0.1, 0.15) is 0 Å². The lowest BCUT2D eigenvalue weighted by Gasteiger charge is -2.33. The van der Waals surface area contributed by atoms with Crippen LogP contribution in [0.15, 0.2) is 24.3 Å². The molecule has 124 valence electrons. The number of benzene rings is 1. The van der Waals surface area contributed by atoms with Gasteiger partial charge in [0.05, 0.1) is 5.25 Å². The molecule has 0 bridgehead atoms. The van der Waals surface area contributed by atoms with Crippen molar-refractivity contribution in [3.8, 4) is 6.19 Å². The van der Waals surface area contributed by atoms with Crippen LogP contribution in [0.1, 0.15) is 30.7 Å². The zero-order valence-corrected chi connectivity index (χ0v) is 14.4. The number of nitrogens with zero attached hydrogens (tertiary/aromatic N) is 3. The Bertz CT molecular complexity index is 691. The maximum atomic E-state index is 12.7.